The standard InChI is InChI=1S/C24H16Cl3NO4S/c1-31-21-9-14(5-8-20(21)32-13-15-6-7-17(26)12-19(15)27)10-22-23(29)28(24(30)33-22)18-4-2-3-16(25)11-18/h2-12H,13H2,1H3/b22-10+. The first-order valence-corrected chi connectivity index (χ1v) is 11.6. The maximum absolute atomic E-state index is 12.9. The Morgan fingerprint density at radius 2 is 1.73 bits per heavy atom. The molecule has 3 aromatic carbocycles. The van der Waals surface area contributed by atoms with Crippen molar-refractivity contribution in [3.63, 3.8) is 0 Å². The van der Waals surface area contributed by atoms with Crippen molar-refractivity contribution in [3.8, 4) is 11.5 Å². The molecule has 33 heavy (non-hydrogen) atoms. The highest BCUT2D eigenvalue weighted by Crippen LogP contribution is 2.37. The average Bonchev–Trinajstić information content (AvgIpc) is 3.06. The van der Waals surface area contributed by atoms with Crippen molar-refractivity contribution in [2.24, 2.45) is 0 Å². The van der Waals surface area contributed by atoms with Gasteiger partial charge in [-0.05, 0) is 65.9 Å². The zero-order valence-corrected chi connectivity index (χ0v) is 20.3. The fourth-order valence-electron chi connectivity index (χ4n) is 3.14. The molecule has 1 heterocycles. The molecular formula is C24H16Cl3NO4S. The van der Waals surface area contributed by atoms with E-state index < -0.39 is 5.91 Å². The van der Waals surface area contributed by atoms with Crippen LogP contribution in [0.3, 0.4) is 0 Å². The van der Waals surface area contributed by atoms with Crippen LogP contribution in [0.4, 0.5) is 10.5 Å². The molecule has 0 N–H and O–H groups in total. The molecule has 0 aromatic heterocycles. The molecule has 3 aromatic rings. The van der Waals surface area contributed by atoms with Gasteiger partial charge >= 0.3 is 0 Å². The summed E-state index contributed by atoms with van der Waals surface area (Å²) < 4.78 is 11.3. The third-order valence-corrected chi connectivity index (χ3v) is 6.44. The molecule has 1 aliphatic heterocycles. The van der Waals surface area contributed by atoms with E-state index in [1.54, 1.807) is 66.7 Å². The van der Waals surface area contributed by atoms with Crippen molar-refractivity contribution in [1.82, 2.24) is 0 Å². The predicted octanol–water partition coefficient (Wildman–Crippen LogP) is 7.48. The summed E-state index contributed by atoms with van der Waals surface area (Å²) in [5.74, 6) is 0.569. The van der Waals surface area contributed by atoms with Crippen molar-refractivity contribution < 1.29 is 19.1 Å². The summed E-state index contributed by atoms with van der Waals surface area (Å²) in [6.45, 7) is 0.226. The second-order valence-electron chi connectivity index (χ2n) is 6.93. The number of amides is 2. The van der Waals surface area contributed by atoms with Gasteiger partial charge in [0, 0.05) is 20.6 Å². The van der Waals surface area contributed by atoms with Crippen LogP contribution in [0.15, 0.2) is 65.6 Å². The summed E-state index contributed by atoms with van der Waals surface area (Å²) in [6, 6.07) is 17.0. The number of carbonyl (C=O) groups is 2. The highest BCUT2D eigenvalue weighted by Gasteiger charge is 2.36. The fourth-order valence-corrected chi connectivity index (χ4v) is 4.63. The third-order valence-electron chi connectivity index (χ3n) is 4.74. The lowest BCUT2D eigenvalue weighted by Crippen LogP contribution is -2.27. The Labute approximate surface area is 209 Å². The Morgan fingerprint density at radius 1 is 0.939 bits per heavy atom. The van der Waals surface area contributed by atoms with Gasteiger partial charge in [-0.15, -0.1) is 0 Å². The molecule has 168 valence electrons. The summed E-state index contributed by atoms with van der Waals surface area (Å²) in [4.78, 5) is 26.7. The van der Waals surface area contributed by atoms with Gasteiger partial charge in [0.15, 0.2) is 11.5 Å². The number of nitrogens with zero attached hydrogens (tertiary/aromatic N) is 1. The molecule has 5 nitrogen and oxygen atoms in total. The van der Waals surface area contributed by atoms with E-state index in [2.05, 4.69) is 0 Å². The molecular weight excluding hydrogens is 505 g/mol. The minimum atomic E-state index is -0.413. The van der Waals surface area contributed by atoms with E-state index in [-0.39, 0.29) is 11.8 Å². The summed E-state index contributed by atoms with van der Waals surface area (Å²) in [6.07, 6.45) is 1.64. The van der Waals surface area contributed by atoms with Crippen molar-refractivity contribution in [3.05, 3.63) is 91.8 Å². The number of carbonyl (C=O) groups excluding carboxylic acids is 2. The molecule has 0 radical (unpaired) electrons. The Morgan fingerprint density at radius 3 is 2.45 bits per heavy atom. The Bertz CT molecular complexity index is 1280. The molecule has 0 saturated carbocycles. The number of thioether (sulfide) groups is 1. The van der Waals surface area contributed by atoms with Gasteiger partial charge in [-0.1, -0.05) is 53.0 Å². The summed E-state index contributed by atoms with van der Waals surface area (Å²) >= 11 is 19.0. The lowest BCUT2D eigenvalue weighted by atomic mass is 10.1. The quantitative estimate of drug-likeness (QED) is 0.315. The molecule has 1 fully saturated rings. The largest absolute Gasteiger partial charge is 0.493 e. The maximum Gasteiger partial charge on any atom is 0.298 e. The van der Waals surface area contributed by atoms with Crippen LogP contribution in [0, 0.1) is 0 Å². The number of hydrogen-bond acceptors (Lipinski definition) is 5. The van der Waals surface area contributed by atoms with Gasteiger partial charge in [0.05, 0.1) is 17.7 Å². The van der Waals surface area contributed by atoms with Crippen LogP contribution < -0.4 is 14.4 Å². The van der Waals surface area contributed by atoms with Gasteiger partial charge in [-0.3, -0.25) is 9.59 Å². The Kier molecular flexibility index (Phi) is 7.20. The molecule has 9 heteroatoms. The number of benzene rings is 3. The molecule has 0 unspecified atom stereocenters. The van der Waals surface area contributed by atoms with Crippen LogP contribution in [-0.4, -0.2) is 18.3 Å². The van der Waals surface area contributed by atoms with Crippen LogP contribution in [-0.2, 0) is 11.4 Å². The van der Waals surface area contributed by atoms with Crippen molar-refractivity contribution in [1.29, 1.82) is 0 Å². The first-order valence-electron chi connectivity index (χ1n) is 9.64. The van der Waals surface area contributed by atoms with Gasteiger partial charge in [-0.25, -0.2) is 4.90 Å². The smallest absolute Gasteiger partial charge is 0.298 e. The lowest BCUT2D eigenvalue weighted by molar-refractivity contribution is -0.113. The van der Waals surface area contributed by atoms with Crippen LogP contribution in [0.5, 0.6) is 11.5 Å². The minimum absolute atomic E-state index is 0.226. The van der Waals surface area contributed by atoms with Gasteiger partial charge in [-0.2, -0.15) is 0 Å². The highest BCUT2D eigenvalue weighted by molar-refractivity contribution is 8.19. The SMILES string of the molecule is COc1cc(/C=C2/SC(=O)N(c3cccc(Cl)c3)C2=O)ccc1OCc1ccc(Cl)cc1Cl. The topological polar surface area (TPSA) is 55.8 Å². The molecule has 1 aliphatic rings. The lowest BCUT2D eigenvalue weighted by Gasteiger charge is -2.13. The number of imide groups is 1. The Balaban J connectivity index is 1.54. The minimum Gasteiger partial charge on any atom is -0.493 e. The Hall–Kier alpha value is -2.64. The third kappa shape index (κ3) is 5.31. The number of ether oxygens (including phenoxy) is 2. The fraction of sp³-hybridized carbons (Fsp3) is 0.0833. The molecule has 2 amide bonds. The first kappa shape index (κ1) is 23.5. The normalized spacial score (nSPS) is 14.8. The van der Waals surface area contributed by atoms with Crippen LogP contribution in [0.2, 0.25) is 15.1 Å². The van der Waals surface area contributed by atoms with E-state index in [1.165, 1.54) is 7.11 Å². The highest BCUT2D eigenvalue weighted by atomic mass is 35.5. The van der Waals surface area contributed by atoms with Crippen LogP contribution in [0.1, 0.15) is 11.1 Å². The molecule has 0 atom stereocenters. The number of hydrogen-bond donors (Lipinski definition) is 0. The average molecular weight is 521 g/mol. The van der Waals surface area contributed by atoms with E-state index in [9.17, 15) is 9.59 Å². The van der Waals surface area contributed by atoms with Crippen LogP contribution >= 0.6 is 46.6 Å². The van der Waals surface area contributed by atoms with E-state index in [0.29, 0.717) is 42.7 Å². The van der Waals surface area contributed by atoms with E-state index in [0.717, 1.165) is 22.2 Å². The second kappa shape index (κ2) is 10.1. The molecule has 4 rings (SSSR count). The van der Waals surface area contributed by atoms with E-state index in [4.69, 9.17) is 44.3 Å². The maximum atomic E-state index is 12.9. The molecule has 1 saturated heterocycles. The number of anilines is 1. The molecule has 0 bridgehead atoms. The summed E-state index contributed by atoms with van der Waals surface area (Å²) in [5.41, 5.74) is 1.89. The first-order chi connectivity index (χ1) is 15.9. The van der Waals surface area contributed by atoms with Gasteiger partial charge < -0.3 is 9.47 Å². The van der Waals surface area contributed by atoms with Gasteiger partial charge in [0.25, 0.3) is 11.1 Å². The zero-order valence-electron chi connectivity index (χ0n) is 17.2. The zero-order chi connectivity index (χ0) is 23.5. The van der Waals surface area contributed by atoms with Crippen molar-refractivity contribution in [2.45, 2.75) is 6.61 Å². The van der Waals surface area contributed by atoms with Crippen LogP contribution in [0.25, 0.3) is 6.08 Å². The predicted molar refractivity (Wildman–Crippen MR) is 134 cm³/mol. The second-order valence-corrected chi connectivity index (χ2v) is 9.20. The summed E-state index contributed by atoms with van der Waals surface area (Å²) in [5, 5.41) is 1.11. The van der Waals surface area contributed by atoms with Crippen molar-refractivity contribution >= 4 is 69.5 Å². The monoisotopic (exact) mass is 519 g/mol. The van der Waals surface area contributed by atoms with Gasteiger partial charge in [0.2, 0.25) is 0 Å². The number of methoxy groups -OCH3 is 1. The van der Waals surface area contributed by atoms with Crippen molar-refractivity contribution in [2.75, 3.05) is 12.0 Å². The molecule has 0 spiro atoms. The number of halogens is 3. The van der Waals surface area contributed by atoms with Gasteiger partial charge in [0.1, 0.15) is 6.61 Å². The molecule has 0 aliphatic carbocycles. The van der Waals surface area contributed by atoms with E-state index >= 15 is 0 Å². The number of rotatable bonds is 6. The van der Waals surface area contributed by atoms with E-state index in [1.807, 2.05) is 0 Å². The summed E-state index contributed by atoms with van der Waals surface area (Å²) in [7, 11) is 1.52.